The molecule has 2 atom stereocenters. The van der Waals surface area contributed by atoms with Crippen LogP contribution in [0.1, 0.15) is 52.4 Å². The van der Waals surface area contributed by atoms with Crippen molar-refractivity contribution in [1.29, 1.82) is 0 Å². The molecule has 0 aromatic heterocycles. The van der Waals surface area contributed by atoms with Crippen molar-refractivity contribution in [2.45, 2.75) is 64.5 Å². The zero-order valence-corrected chi connectivity index (χ0v) is 12.0. The predicted molar refractivity (Wildman–Crippen MR) is 73.8 cm³/mol. The Bertz CT molecular complexity index is 239. The van der Waals surface area contributed by atoms with E-state index in [9.17, 15) is 0 Å². The van der Waals surface area contributed by atoms with Gasteiger partial charge in [-0.05, 0) is 32.2 Å². The molecule has 2 rings (SSSR count). The molecule has 18 heavy (non-hydrogen) atoms. The molecule has 0 radical (unpaired) electrons. The molecule has 2 saturated carbocycles. The van der Waals surface area contributed by atoms with E-state index in [-0.39, 0.29) is 0 Å². The van der Waals surface area contributed by atoms with E-state index in [0.717, 1.165) is 32.8 Å². The number of ether oxygens (including phenoxy) is 2. The minimum atomic E-state index is 0.459. The smallest absolute Gasteiger partial charge is 0.0704 e. The molecule has 3 heteroatoms. The molecule has 0 bridgehead atoms. The SMILES string of the molecule is CCCOCCOC1CC(NCC)C12CCCC2. The van der Waals surface area contributed by atoms with Crippen molar-refractivity contribution < 1.29 is 9.47 Å². The molecule has 2 fully saturated rings. The molecule has 0 aromatic rings. The molecule has 2 aliphatic rings. The first kappa shape index (κ1) is 14.3. The van der Waals surface area contributed by atoms with Gasteiger partial charge in [0.15, 0.2) is 0 Å². The number of nitrogens with one attached hydrogen (secondary N) is 1. The van der Waals surface area contributed by atoms with Gasteiger partial charge in [-0.25, -0.2) is 0 Å². The van der Waals surface area contributed by atoms with Gasteiger partial charge >= 0.3 is 0 Å². The van der Waals surface area contributed by atoms with Gasteiger partial charge in [0.1, 0.15) is 0 Å². The fourth-order valence-corrected chi connectivity index (χ4v) is 3.71. The Hall–Kier alpha value is -0.120. The molecule has 1 N–H and O–H groups in total. The van der Waals surface area contributed by atoms with Crippen LogP contribution in [0, 0.1) is 5.41 Å². The molecular formula is C15H29NO2. The van der Waals surface area contributed by atoms with Crippen molar-refractivity contribution in [3.8, 4) is 0 Å². The standard InChI is InChI=1S/C15H29NO2/c1-3-9-17-10-11-18-14-12-13(16-4-2)15(14)7-5-6-8-15/h13-14,16H,3-12H2,1-2H3. The summed E-state index contributed by atoms with van der Waals surface area (Å²) in [6, 6.07) is 0.701. The maximum atomic E-state index is 6.07. The first-order chi connectivity index (χ1) is 8.83. The Morgan fingerprint density at radius 2 is 1.89 bits per heavy atom. The van der Waals surface area contributed by atoms with Gasteiger partial charge in [0, 0.05) is 18.1 Å². The Morgan fingerprint density at radius 1 is 1.11 bits per heavy atom. The van der Waals surface area contributed by atoms with Crippen LogP contribution in [-0.2, 0) is 9.47 Å². The van der Waals surface area contributed by atoms with Gasteiger partial charge in [-0.2, -0.15) is 0 Å². The van der Waals surface area contributed by atoms with Crippen LogP contribution < -0.4 is 5.32 Å². The van der Waals surface area contributed by atoms with Crippen molar-refractivity contribution in [3.05, 3.63) is 0 Å². The highest BCUT2D eigenvalue weighted by atomic mass is 16.5. The first-order valence-corrected chi connectivity index (χ1v) is 7.76. The van der Waals surface area contributed by atoms with E-state index in [0.29, 0.717) is 17.6 Å². The fourth-order valence-electron chi connectivity index (χ4n) is 3.71. The lowest BCUT2D eigenvalue weighted by atomic mass is 9.60. The second kappa shape index (κ2) is 6.88. The van der Waals surface area contributed by atoms with Crippen LogP contribution in [0.5, 0.6) is 0 Å². The summed E-state index contributed by atoms with van der Waals surface area (Å²) in [5.74, 6) is 0. The quantitative estimate of drug-likeness (QED) is 0.677. The zero-order chi connectivity index (χ0) is 12.8. The van der Waals surface area contributed by atoms with Crippen molar-refractivity contribution >= 4 is 0 Å². The molecule has 2 aliphatic carbocycles. The highest BCUT2D eigenvalue weighted by molar-refractivity contribution is 5.09. The summed E-state index contributed by atoms with van der Waals surface area (Å²) in [5.41, 5.74) is 0.459. The Balaban J connectivity index is 1.72. The molecule has 3 nitrogen and oxygen atoms in total. The summed E-state index contributed by atoms with van der Waals surface area (Å²) in [5, 5.41) is 3.64. The lowest BCUT2D eigenvalue weighted by molar-refractivity contribution is -0.141. The first-order valence-electron chi connectivity index (χ1n) is 7.76. The van der Waals surface area contributed by atoms with Crippen LogP contribution >= 0.6 is 0 Å². The van der Waals surface area contributed by atoms with Gasteiger partial charge in [0.05, 0.1) is 19.3 Å². The largest absolute Gasteiger partial charge is 0.379 e. The minimum Gasteiger partial charge on any atom is -0.379 e. The summed E-state index contributed by atoms with van der Waals surface area (Å²) in [7, 11) is 0. The van der Waals surface area contributed by atoms with Gasteiger partial charge in [0.2, 0.25) is 0 Å². The van der Waals surface area contributed by atoms with E-state index >= 15 is 0 Å². The molecular weight excluding hydrogens is 226 g/mol. The van der Waals surface area contributed by atoms with E-state index in [4.69, 9.17) is 9.47 Å². The molecule has 0 heterocycles. The summed E-state index contributed by atoms with van der Waals surface area (Å²) in [6.07, 6.45) is 8.24. The summed E-state index contributed by atoms with van der Waals surface area (Å²) in [4.78, 5) is 0. The molecule has 1 spiro atoms. The summed E-state index contributed by atoms with van der Waals surface area (Å²) < 4.78 is 11.6. The van der Waals surface area contributed by atoms with Gasteiger partial charge < -0.3 is 14.8 Å². The van der Waals surface area contributed by atoms with Crippen LogP contribution in [0.4, 0.5) is 0 Å². The van der Waals surface area contributed by atoms with Crippen LogP contribution in [0.3, 0.4) is 0 Å². The molecule has 2 unspecified atom stereocenters. The molecule has 0 aromatic carbocycles. The lowest BCUT2D eigenvalue weighted by Gasteiger charge is -2.54. The van der Waals surface area contributed by atoms with Gasteiger partial charge in [-0.15, -0.1) is 0 Å². The third kappa shape index (κ3) is 2.89. The monoisotopic (exact) mass is 255 g/mol. The molecule has 0 amide bonds. The van der Waals surface area contributed by atoms with Gasteiger partial charge in [-0.3, -0.25) is 0 Å². The Kier molecular flexibility index (Phi) is 5.46. The topological polar surface area (TPSA) is 30.5 Å². The fraction of sp³-hybridized carbons (Fsp3) is 1.00. The molecule has 106 valence electrons. The van der Waals surface area contributed by atoms with Crippen LogP contribution in [0.25, 0.3) is 0 Å². The van der Waals surface area contributed by atoms with Crippen LogP contribution in [0.2, 0.25) is 0 Å². The summed E-state index contributed by atoms with van der Waals surface area (Å²) in [6.45, 7) is 7.81. The molecule has 0 saturated heterocycles. The highest BCUT2D eigenvalue weighted by Crippen LogP contribution is 2.54. The van der Waals surface area contributed by atoms with E-state index < -0.39 is 0 Å². The predicted octanol–water partition coefficient (Wildman–Crippen LogP) is 2.74. The van der Waals surface area contributed by atoms with E-state index in [1.807, 2.05) is 0 Å². The second-order valence-electron chi connectivity index (χ2n) is 5.76. The third-order valence-electron chi connectivity index (χ3n) is 4.67. The number of hydrogen-bond donors (Lipinski definition) is 1. The van der Waals surface area contributed by atoms with E-state index in [1.165, 1.54) is 32.1 Å². The average Bonchev–Trinajstić information content (AvgIpc) is 2.88. The van der Waals surface area contributed by atoms with Gasteiger partial charge in [0.25, 0.3) is 0 Å². The van der Waals surface area contributed by atoms with Crippen LogP contribution in [-0.4, -0.2) is 38.5 Å². The maximum Gasteiger partial charge on any atom is 0.0704 e. The zero-order valence-electron chi connectivity index (χ0n) is 12.0. The van der Waals surface area contributed by atoms with E-state index in [2.05, 4.69) is 19.2 Å². The number of hydrogen-bond acceptors (Lipinski definition) is 3. The summed E-state index contributed by atoms with van der Waals surface area (Å²) >= 11 is 0. The minimum absolute atomic E-state index is 0.459. The second-order valence-corrected chi connectivity index (χ2v) is 5.76. The Morgan fingerprint density at radius 3 is 2.56 bits per heavy atom. The lowest BCUT2D eigenvalue weighted by Crippen LogP contribution is -2.62. The number of rotatable bonds is 8. The van der Waals surface area contributed by atoms with Crippen molar-refractivity contribution in [3.63, 3.8) is 0 Å². The Labute approximate surface area is 112 Å². The van der Waals surface area contributed by atoms with Crippen molar-refractivity contribution in [2.75, 3.05) is 26.4 Å². The van der Waals surface area contributed by atoms with Gasteiger partial charge in [-0.1, -0.05) is 26.7 Å². The van der Waals surface area contributed by atoms with Crippen molar-refractivity contribution in [2.24, 2.45) is 5.41 Å². The highest BCUT2D eigenvalue weighted by Gasteiger charge is 2.56. The van der Waals surface area contributed by atoms with Crippen LogP contribution in [0.15, 0.2) is 0 Å². The van der Waals surface area contributed by atoms with Crippen molar-refractivity contribution in [1.82, 2.24) is 5.32 Å². The maximum absolute atomic E-state index is 6.07. The normalized spacial score (nSPS) is 29.7. The van der Waals surface area contributed by atoms with E-state index in [1.54, 1.807) is 0 Å². The average molecular weight is 255 g/mol. The third-order valence-corrected chi connectivity index (χ3v) is 4.67. The molecule has 0 aliphatic heterocycles.